The summed E-state index contributed by atoms with van der Waals surface area (Å²) in [5.41, 5.74) is 1.14. The summed E-state index contributed by atoms with van der Waals surface area (Å²) in [5, 5.41) is 34.0. The largest absolute Gasteiger partial charge is 0.481 e. The van der Waals surface area contributed by atoms with E-state index >= 15 is 0 Å². The topological polar surface area (TPSA) is 182 Å². The number of hydrogen-bond acceptors (Lipinski definition) is 5. The van der Waals surface area contributed by atoms with Gasteiger partial charge in [0.05, 0.1) is 0 Å². The number of hydrogen-bond donors (Lipinski definition) is 6. The van der Waals surface area contributed by atoms with E-state index in [1.54, 1.807) is 0 Å². The highest BCUT2D eigenvalue weighted by Gasteiger charge is 2.25. The Morgan fingerprint density at radius 1 is 0.794 bits per heavy atom. The smallest absolute Gasteiger partial charge is 0.326 e. The molecule has 0 aliphatic heterocycles. The quantitative estimate of drug-likeness (QED) is 0.284. The number of benzene rings is 2. The average molecular weight is 475 g/mol. The standard InChI is InChI=1S/C22H22FN3O8/c23-14-5-3-13(4-6-14)19(29)24-15-7-1-12(2-8-15)11-17(21(32)33)26-22(34)25-16(20(30)31)9-10-18(27)28/h1-8,16-17H,9-11H2,(H,24,29)(H,27,28)(H,30,31)(H,32,33)(H2,25,26,34)/t16-,17-/m0/s1. The summed E-state index contributed by atoms with van der Waals surface area (Å²) in [6, 6.07) is 7.05. The molecule has 0 radical (unpaired) electrons. The van der Waals surface area contributed by atoms with Gasteiger partial charge in [0.25, 0.3) is 5.91 Å². The van der Waals surface area contributed by atoms with Crippen LogP contribution in [0.2, 0.25) is 0 Å². The van der Waals surface area contributed by atoms with Crippen LogP contribution in [0.25, 0.3) is 0 Å². The van der Waals surface area contributed by atoms with Gasteiger partial charge in [0.1, 0.15) is 17.9 Å². The van der Waals surface area contributed by atoms with Crippen molar-refractivity contribution >= 4 is 35.5 Å². The highest BCUT2D eigenvalue weighted by Crippen LogP contribution is 2.13. The van der Waals surface area contributed by atoms with Crippen LogP contribution in [0.15, 0.2) is 48.5 Å². The first-order chi connectivity index (χ1) is 16.0. The first-order valence-electron chi connectivity index (χ1n) is 9.95. The molecule has 6 N–H and O–H groups in total. The zero-order valence-corrected chi connectivity index (χ0v) is 17.7. The van der Waals surface area contributed by atoms with Crippen LogP contribution in [0.1, 0.15) is 28.8 Å². The number of carboxylic acids is 3. The molecule has 0 aliphatic carbocycles. The SMILES string of the molecule is O=C(O)CC[C@H](NC(=O)N[C@@H](Cc1ccc(NC(=O)c2ccc(F)cc2)cc1)C(=O)O)C(=O)O. The molecular weight excluding hydrogens is 453 g/mol. The van der Waals surface area contributed by atoms with Gasteiger partial charge in [-0.3, -0.25) is 9.59 Å². The Kier molecular flexibility index (Phi) is 9.06. The summed E-state index contributed by atoms with van der Waals surface area (Å²) in [6.45, 7) is 0. The van der Waals surface area contributed by atoms with Gasteiger partial charge in [0.2, 0.25) is 0 Å². The molecule has 0 spiro atoms. The molecule has 12 heteroatoms. The van der Waals surface area contributed by atoms with Gasteiger partial charge < -0.3 is 31.3 Å². The van der Waals surface area contributed by atoms with Gasteiger partial charge in [-0.25, -0.2) is 18.8 Å². The zero-order chi connectivity index (χ0) is 25.3. The van der Waals surface area contributed by atoms with E-state index < -0.39 is 54.2 Å². The van der Waals surface area contributed by atoms with E-state index in [2.05, 4.69) is 10.6 Å². The number of carboxylic acid groups (broad SMARTS) is 3. The molecule has 0 bridgehead atoms. The Morgan fingerprint density at radius 2 is 1.35 bits per heavy atom. The third kappa shape index (κ3) is 8.22. The fourth-order valence-corrected chi connectivity index (χ4v) is 2.85. The summed E-state index contributed by atoms with van der Waals surface area (Å²) in [5.74, 6) is -5.02. The van der Waals surface area contributed by atoms with Crippen LogP contribution in [0.5, 0.6) is 0 Å². The lowest BCUT2D eigenvalue weighted by atomic mass is 10.1. The molecule has 0 aliphatic rings. The summed E-state index contributed by atoms with van der Waals surface area (Å²) in [7, 11) is 0. The third-order valence-corrected chi connectivity index (χ3v) is 4.61. The fraction of sp³-hybridized carbons (Fsp3) is 0.227. The van der Waals surface area contributed by atoms with Gasteiger partial charge in [-0.1, -0.05) is 12.1 Å². The Balaban J connectivity index is 1.96. The number of anilines is 1. The Bertz CT molecular complexity index is 1060. The Hall–Kier alpha value is -4.48. The summed E-state index contributed by atoms with van der Waals surface area (Å²) < 4.78 is 13.0. The number of halogens is 1. The van der Waals surface area contributed by atoms with Crippen LogP contribution in [-0.2, 0) is 20.8 Å². The lowest BCUT2D eigenvalue weighted by Gasteiger charge is -2.18. The first kappa shape index (κ1) is 25.8. The van der Waals surface area contributed by atoms with Crippen molar-refractivity contribution in [2.45, 2.75) is 31.3 Å². The molecule has 0 aromatic heterocycles. The maximum absolute atomic E-state index is 13.0. The second-order valence-corrected chi connectivity index (χ2v) is 7.19. The number of amides is 3. The number of nitrogens with one attached hydrogen (secondary N) is 3. The molecule has 11 nitrogen and oxygen atoms in total. The molecule has 0 saturated carbocycles. The van der Waals surface area contributed by atoms with Crippen molar-refractivity contribution in [3.8, 4) is 0 Å². The summed E-state index contributed by atoms with van der Waals surface area (Å²) in [4.78, 5) is 57.6. The molecular formula is C22H22FN3O8. The lowest BCUT2D eigenvalue weighted by molar-refractivity contribution is -0.140. The minimum Gasteiger partial charge on any atom is -0.481 e. The van der Waals surface area contributed by atoms with Gasteiger partial charge in [0.15, 0.2) is 0 Å². The summed E-state index contributed by atoms with van der Waals surface area (Å²) in [6.07, 6.45) is -1.02. The predicted octanol–water partition coefficient (Wildman–Crippen LogP) is 1.69. The van der Waals surface area contributed by atoms with E-state index in [1.165, 1.54) is 36.4 Å². The van der Waals surface area contributed by atoms with E-state index in [1.807, 2.05) is 5.32 Å². The van der Waals surface area contributed by atoms with E-state index in [-0.39, 0.29) is 18.4 Å². The van der Waals surface area contributed by atoms with Crippen molar-refractivity contribution in [2.75, 3.05) is 5.32 Å². The monoisotopic (exact) mass is 475 g/mol. The maximum atomic E-state index is 13.0. The molecule has 0 heterocycles. The molecule has 34 heavy (non-hydrogen) atoms. The van der Waals surface area contributed by atoms with E-state index in [4.69, 9.17) is 10.2 Å². The molecule has 2 rings (SSSR count). The van der Waals surface area contributed by atoms with Crippen molar-refractivity contribution in [1.29, 1.82) is 0 Å². The highest BCUT2D eigenvalue weighted by molar-refractivity contribution is 6.04. The van der Waals surface area contributed by atoms with E-state index in [0.29, 0.717) is 11.3 Å². The minimum absolute atomic E-state index is 0.151. The van der Waals surface area contributed by atoms with Crippen molar-refractivity contribution in [2.24, 2.45) is 0 Å². The zero-order valence-electron chi connectivity index (χ0n) is 17.7. The van der Waals surface area contributed by atoms with Crippen molar-refractivity contribution in [3.63, 3.8) is 0 Å². The van der Waals surface area contributed by atoms with Crippen molar-refractivity contribution in [3.05, 3.63) is 65.5 Å². The molecule has 3 amide bonds. The molecule has 2 atom stereocenters. The highest BCUT2D eigenvalue weighted by atomic mass is 19.1. The number of carbonyl (C=O) groups excluding carboxylic acids is 2. The number of rotatable bonds is 11. The number of aliphatic carboxylic acids is 3. The van der Waals surface area contributed by atoms with Crippen LogP contribution in [0.3, 0.4) is 0 Å². The average Bonchev–Trinajstić information content (AvgIpc) is 2.77. The maximum Gasteiger partial charge on any atom is 0.326 e. The third-order valence-electron chi connectivity index (χ3n) is 4.61. The van der Waals surface area contributed by atoms with Gasteiger partial charge in [-0.2, -0.15) is 0 Å². The Labute approximate surface area is 192 Å². The molecule has 180 valence electrons. The van der Waals surface area contributed by atoms with Gasteiger partial charge in [0, 0.05) is 24.1 Å². The van der Waals surface area contributed by atoms with Crippen LogP contribution in [-0.4, -0.2) is 57.2 Å². The van der Waals surface area contributed by atoms with Crippen molar-refractivity contribution < 1.29 is 43.7 Å². The number of urea groups is 1. The second kappa shape index (κ2) is 11.9. The molecule has 0 unspecified atom stereocenters. The van der Waals surface area contributed by atoms with E-state index in [0.717, 1.165) is 12.1 Å². The van der Waals surface area contributed by atoms with Crippen LogP contribution < -0.4 is 16.0 Å². The lowest BCUT2D eigenvalue weighted by Crippen LogP contribution is -2.51. The molecule has 0 fully saturated rings. The second-order valence-electron chi connectivity index (χ2n) is 7.19. The van der Waals surface area contributed by atoms with Gasteiger partial charge >= 0.3 is 23.9 Å². The predicted molar refractivity (Wildman–Crippen MR) is 116 cm³/mol. The first-order valence-corrected chi connectivity index (χ1v) is 9.95. The van der Waals surface area contributed by atoms with Gasteiger partial charge in [-0.15, -0.1) is 0 Å². The van der Waals surface area contributed by atoms with E-state index in [9.17, 15) is 33.5 Å². The molecule has 2 aromatic rings. The number of carbonyl (C=O) groups is 5. The molecule has 0 saturated heterocycles. The van der Waals surface area contributed by atoms with Crippen LogP contribution in [0.4, 0.5) is 14.9 Å². The van der Waals surface area contributed by atoms with Crippen LogP contribution >= 0.6 is 0 Å². The van der Waals surface area contributed by atoms with Gasteiger partial charge in [-0.05, 0) is 48.4 Å². The fourth-order valence-electron chi connectivity index (χ4n) is 2.85. The summed E-state index contributed by atoms with van der Waals surface area (Å²) >= 11 is 0. The minimum atomic E-state index is -1.51. The normalized spacial score (nSPS) is 12.1. The Morgan fingerprint density at radius 3 is 1.88 bits per heavy atom. The van der Waals surface area contributed by atoms with Crippen LogP contribution in [0, 0.1) is 5.82 Å². The molecule has 2 aromatic carbocycles. The van der Waals surface area contributed by atoms with Crippen molar-refractivity contribution in [1.82, 2.24) is 10.6 Å².